The quantitative estimate of drug-likeness (QED) is 0.679. The Balaban J connectivity index is 1.79. The van der Waals surface area contributed by atoms with Gasteiger partial charge in [0.1, 0.15) is 17.1 Å². The number of methoxy groups -OCH3 is 1. The van der Waals surface area contributed by atoms with Crippen molar-refractivity contribution in [2.24, 2.45) is 5.73 Å². The van der Waals surface area contributed by atoms with Crippen LogP contribution in [0.3, 0.4) is 0 Å². The van der Waals surface area contributed by atoms with E-state index in [1.54, 1.807) is 12.0 Å². The Hall–Kier alpha value is -4.09. The fourth-order valence-corrected chi connectivity index (χ4v) is 4.53. The van der Waals surface area contributed by atoms with Gasteiger partial charge in [-0.25, -0.2) is 0 Å². The highest BCUT2D eigenvalue weighted by Crippen LogP contribution is 2.55. The van der Waals surface area contributed by atoms with Crippen molar-refractivity contribution in [3.63, 3.8) is 0 Å². The number of nitrogens with zero attached hydrogens (tertiary/aromatic N) is 3. The first-order chi connectivity index (χ1) is 15.1. The molecule has 31 heavy (non-hydrogen) atoms. The minimum Gasteiger partial charge on any atom is -0.420 e. The summed E-state index contributed by atoms with van der Waals surface area (Å²) < 4.78 is 10.9. The maximum absolute atomic E-state index is 14.2. The first kappa shape index (κ1) is 18.9. The molecule has 5 rings (SSSR count). The lowest BCUT2D eigenvalue weighted by atomic mass is 9.69. The Morgan fingerprint density at radius 2 is 1.97 bits per heavy atom. The number of hydrogen-bond acceptors (Lipinski definition) is 6. The number of benzene rings is 2. The van der Waals surface area contributed by atoms with Crippen molar-refractivity contribution >= 4 is 11.6 Å². The van der Waals surface area contributed by atoms with Crippen molar-refractivity contribution in [2.45, 2.75) is 18.6 Å². The lowest BCUT2D eigenvalue weighted by Gasteiger charge is -2.32. The van der Waals surface area contributed by atoms with Gasteiger partial charge in [-0.2, -0.15) is 5.26 Å². The standard InChI is InChI=1S/C23H19N5O3/c1-30-13-17-19-21(27-26-17)31-20(25)16(11-24)23(19)15-9-5-6-10-18(15)28(22(23)29)12-14-7-3-2-4-8-14/h2-10H,12-13,25H2,1H3,(H,26,27). The van der Waals surface area contributed by atoms with E-state index in [0.29, 0.717) is 29.1 Å². The Kier molecular flexibility index (Phi) is 4.27. The van der Waals surface area contributed by atoms with E-state index in [0.717, 1.165) is 5.56 Å². The van der Waals surface area contributed by atoms with Gasteiger partial charge in [0.15, 0.2) is 0 Å². The Bertz CT molecular complexity index is 1260. The van der Waals surface area contributed by atoms with Gasteiger partial charge in [0, 0.05) is 18.4 Å². The zero-order valence-electron chi connectivity index (χ0n) is 16.8. The molecule has 1 aromatic heterocycles. The van der Waals surface area contributed by atoms with E-state index in [1.807, 2.05) is 54.6 Å². The largest absolute Gasteiger partial charge is 0.420 e. The molecular formula is C23H19N5O3. The third-order valence-electron chi connectivity index (χ3n) is 5.76. The van der Waals surface area contributed by atoms with Gasteiger partial charge < -0.3 is 20.1 Å². The van der Waals surface area contributed by atoms with Crippen molar-refractivity contribution in [3.8, 4) is 11.9 Å². The molecule has 8 nitrogen and oxygen atoms in total. The SMILES string of the molecule is COCc1[nH]nc2c1C1(C(=O)N(Cc3ccccc3)c3ccccc31)C(C#N)=C(N)O2. The number of anilines is 1. The van der Waals surface area contributed by atoms with Crippen LogP contribution in [-0.4, -0.2) is 23.2 Å². The summed E-state index contributed by atoms with van der Waals surface area (Å²) in [5.74, 6) is -0.233. The second-order valence-corrected chi connectivity index (χ2v) is 7.41. The fourth-order valence-electron chi connectivity index (χ4n) is 4.53. The molecule has 1 unspecified atom stereocenters. The number of H-pyrrole nitrogens is 1. The molecule has 8 heteroatoms. The van der Waals surface area contributed by atoms with E-state index in [-0.39, 0.29) is 29.9 Å². The van der Waals surface area contributed by atoms with Crippen LogP contribution in [0.5, 0.6) is 5.88 Å². The summed E-state index contributed by atoms with van der Waals surface area (Å²) in [6.07, 6.45) is 0. The zero-order chi connectivity index (χ0) is 21.6. The van der Waals surface area contributed by atoms with Crippen LogP contribution in [0.4, 0.5) is 5.69 Å². The topological polar surface area (TPSA) is 117 Å². The minimum absolute atomic E-state index is 0.0479. The van der Waals surface area contributed by atoms with Crippen LogP contribution < -0.4 is 15.4 Å². The molecule has 0 radical (unpaired) electrons. The van der Waals surface area contributed by atoms with Crippen LogP contribution in [0.15, 0.2) is 66.1 Å². The lowest BCUT2D eigenvalue weighted by molar-refractivity contribution is -0.121. The third kappa shape index (κ3) is 2.50. The molecule has 0 aliphatic carbocycles. The number of rotatable bonds is 4. The highest BCUT2D eigenvalue weighted by atomic mass is 16.5. The Labute approximate surface area is 178 Å². The van der Waals surface area contributed by atoms with Crippen molar-refractivity contribution in [1.82, 2.24) is 10.2 Å². The molecule has 154 valence electrons. The van der Waals surface area contributed by atoms with Crippen molar-refractivity contribution in [3.05, 3.63) is 88.4 Å². The number of para-hydroxylation sites is 1. The van der Waals surface area contributed by atoms with Crippen molar-refractivity contribution in [1.29, 1.82) is 5.26 Å². The average Bonchev–Trinajstić information content (AvgIpc) is 3.28. The van der Waals surface area contributed by atoms with Gasteiger partial charge in [0.25, 0.3) is 0 Å². The van der Waals surface area contributed by atoms with E-state index in [4.69, 9.17) is 15.2 Å². The second-order valence-electron chi connectivity index (χ2n) is 7.41. The number of aromatic nitrogens is 2. The first-order valence-electron chi connectivity index (χ1n) is 9.73. The first-order valence-corrected chi connectivity index (χ1v) is 9.73. The second kappa shape index (κ2) is 7.00. The molecule has 1 atom stereocenters. The number of nitrogens with one attached hydrogen (secondary N) is 1. The monoisotopic (exact) mass is 413 g/mol. The lowest BCUT2D eigenvalue weighted by Crippen LogP contribution is -2.46. The average molecular weight is 413 g/mol. The number of fused-ring (bicyclic) bond motifs is 4. The molecular weight excluding hydrogens is 394 g/mol. The van der Waals surface area contributed by atoms with Crippen LogP contribution in [-0.2, 0) is 28.1 Å². The number of aromatic amines is 1. The van der Waals surface area contributed by atoms with E-state index < -0.39 is 5.41 Å². The molecule has 3 N–H and O–H groups in total. The van der Waals surface area contributed by atoms with Gasteiger partial charge in [-0.05, 0) is 11.6 Å². The third-order valence-corrected chi connectivity index (χ3v) is 5.76. The molecule has 2 aromatic carbocycles. The van der Waals surface area contributed by atoms with Gasteiger partial charge in [-0.15, -0.1) is 5.10 Å². The summed E-state index contributed by atoms with van der Waals surface area (Å²) in [6.45, 7) is 0.519. The smallest absolute Gasteiger partial charge is 0.248 e. The molecule has 3 aromatic rings. The number of amides is 1. The molecule has 1 spiro atoms. The number of carbonyl (C=O) groups excluding carboxylic acids is 1. The van der Waals surface area contributed by atoms with E-state index >= 15 is 0 Å². The minimum atomic E-state index is -1.46. The summed E-state index contributed by atoms with van der Waals surface area (Å²) in [5.41, 5.74) is 8.10. The van der Waals surface area contributed by atoms with Crippen molar-refractivity contribution in [2.75, 3.05) is 12.0 Å². The predicted molar refractivity (Wildman–Crippen MR) is 112 cm³/mol. The number of ether oxygens (including phenoxy) is 2. The van der Waals surface area contributed by atoms with E-state index in [1.165, 1.54) is 0 Å². The number of nitriles is 1. The summed E-state index contributed by atoms with van der Waals surface area (Å²) in [5, 5.41) is 17.2. The fraction of sp³-hybridized carbons (Fsp3) is 0.174. The molecule has 2 aliphatic rings. The molecule has 3 heterocycles. The van der Waals surface area contributed by atoms with Crippen LogP contribution in [0.25, 0.3) is 0 Å². The molecule has 0 saturated carbocycles. The van der Waals surface area contributed by atoms with Crippen LogP contribution in [0, 0.1) is 11.3 Å². The highest BCUT2D eigenvalue weighted by Gasteiger charge is 2.60. The van der Waals surface area contributed by atoms with Crippen LogP contribution in [0.2, 0.25) is 0 Å². The zero-order valence-corrected chi connectivity index (χ0v) is 16.8. The van der Waals surface area contributed by atoms with Gasteiger partial charge in [0.2, 0.25) is 17.7 Å². The summed E-state index contributed by atoms with van der Waals surface area (Å²) in [6, 6.07) is 19.3. The molecule has 1 amide bonds. The maximum atomic E-state index is 14.2. The van der Waals surface area contributed by atoms with Crippen LogP contribution >= 0.6 is 0 Å². The number of nitrogens with two attached hydrogens (primary N) is 1. The van der Waals surface area contributed by atoms with Crippen molar-refractivity contribution < 1.29 is 14.3 Å². The van der Waals surface area contributed by atoms with E-state index in [2.05, 4.69) is 16.3 Å². The predicted octanol–water partition coefficient (Wildman–Crippen LogP) is 2.48. The molecule has 0 fully saturated rings. The Morgan fingerprint density at radius 3 is 2.71 bits per heavy atom. The highest BCUT2D eigenvalue weighted by molar-refractivity contribution is 6.14. The molecule has 2 aliphatic heterocycles. The van der Waals surface area contributed by atoms with Gasteiger partial charge in [-0.1, -0.05) is 48.5 Å². The summed E-state index contributed by atoms with van der Waals surface area (Å²) >= 11 is 0. The number of hydrogen-bond donors (Lipinski definition) is 2. The van der Waals surface area contributed by atoms with Gasteiger partial charge in [-0.3, -0.25) is 9.89 Å². The summed E-state index contributed by atoms with van der Waals surface area (Å²) in [4.78, 5) is 15.9. The maximum Gasteiger partial charge on any atom is 0.248 e. The van der Waals surface area contributed by atoms with Crippen LogP contribution in [0.1, 0.15) is 22.4 Å². The number of carbonyl (C=O) groups is 1. The normalized spacial score (nSPS) is 19.2. The Morgan fingerprint density at radius 1 is 1.23 bits per heavy atom. The van der Waals surface area contributed by atoms with Gasteiger partial charge >= 0.3 is 0 Å². The summed E-state index contributed by atoms with van der Waals surface area (Å²) in [7, 11) is 1.55. The molecule has 0 saturated heterocycles. The van der Waals surface area contributed by atoms with Gasteiger partial charge in [0.05, 0.1) is 24.4 Å². The van der Waals surface area contributed by atoms with E-state index in [9.17, 15) is 10.1 Å². The molecule has 0 bridgehead atoms.